The Kier molecular flexibility index (Phi) is 3.85. The standard InChI is InChI=1S/C14H17BrFNO2/c1-14(2,3)19-13(18)17-12-5-4-9-10(12)6-8(15)7-11(9)16/h6-7,12H,4-5H2,1-3H3,(H,17,18). The molecule has 1 aliphatic rings. The number of nitrogens with one attached hydrogen (secondary N) is 1. The number of halogens is 2. The summed E-state index contributed by atoms with van der Waals surface area (Å²) in [6, 6.07) is 3.12. The van der Waals surface area contributed by atoms with Gasteiger partial charge in [0.25, 0.3) is 0 Å². The number of benzene rings is 1. The van der Waals surface area contributed by atoms with E-state index in [1.54, 1.807) is 0 Å². The average molecular weight is 330 g/mol. The van der Waals surface area contributed by atoms with Crippen molar-refractivity contribution in [1.82, 2.24) is 5.32 Å². The molecule has 0 aliphatic heterocycles. The number of hydrogen-bond acceptors (Lipinski definition) is 2. The Morgan fingerprint density at radius 1 is 1.47 bits per heavy atom. The van der Waals surface area contributed by atoms with Crippen LogP contribution >= 0.6 is 15.9 Å². The molecule has 1 N–H and O–H groups in total. The third kappa shape index (κ3) is 3.47. The van der Waals surface area contributed by atoms with Crippen LogP contribution < -0.4 is 5.32 Å². The van der Waals surface area contributed by atoms with Crippen molar-refractivity contribution >= 4 is 22.0 Å². The molecule has 5 heteroatoms. The van der Waals surface area contributed by atoms with Gasteiger partial charge in [0.2, 0.25) is 0 Å². The number of carbonyl (C=O) groups excluding carboxylic acids is 1. The van der Waals surface area contributed by atoms with E-state index in [9.17, 15) is 9.18 Å². The van der Waals surface area contributed by atoms with Crippen molar-refractivity contribution in [1.29, 1.82) is 0 Å². The minimum atomic E-state index is -0.534. The van der Waals surface area contributed by atoms with Crippen LogP contribution in [-0.4, -0.2) is 11.7 Å². The number of amides is 1. The second-order valence-electron chi connectivity index (χ2n) is 5.69. The molecule has 0 spiro atoms. The summed E-state index contributed by atoms with van der Waals surface area (Å²) in [7, 11) is 0. The fourth-order valence-electron chi connectivity index (χ4n) is 2.24. The van der Waals surface area contributed by atoms with Crippen molar-refractivity contribution in [3.05, 3.63) is 33.5 Å². The maximum absolute atomic E-state index is 13.8. The van der Waals surface area contributed by atoms with Gasteiger partial charge in [0, 0.05) is 4.47 Å². The Morgan fingerprint density at radius 2 is 2.16 bits per heavy atom. The van der Waals surface area contributed by atoms with Gasteiger partial charge in [-0.1, -0.05) is 15.9 Å². The third-order valence-corrected chi connectivity index (χ3v) is 3.40. The maximum atomic E-state index is 13.8. The molecule has 2 rings (SSSR count). The van der Waals surface area contributed by atoms with Crippen molar-refractivity contribution in [2.75, 3.05) is 0 Å². The fourth-order valence-corrected chi connectivity index (χ4v) is 2.69. The molecule has 0 bridgehead atoms. The van der Waals surface area contributed by atoms with E-state index in [1.165, 1.54) is 6.07 Å². The molecule has 1 atom stereocenters. The zero-order chi connectivity index (χ0) is 14.2. The lowest BCUT2D eigenvalue weighted by Gasteiger charge is -2.22. The summed E-state index contributed by atoms with van der Waals surface area (Å²) < 4.78 is 19.7. The molecule has 1 aromatic carbocycles. The van der Waals surface area contributed by atoms with Crippen LogP contribution in [0.3, 0.4) is 0 Å². The molecular formula is C14H17BrFNO2. The number of ether oxygens (including phenoxy) is 1. The van der Waals surface area contributed by atoms with E-state index in [0.717, 1.165) is 5.56 Å². The van der Waals surface area contributed by atoms with Crippen LogP contribution in [0.1, 0.15) is 44.4 Å². The number of carbonyl (C=O) groups is 1. The molecule has 0 saturated carbocycles. The van der Waals surface area contributed by atoms with E-state index >= 15 is 0 Å². The van der Waals surface area contributed by atoms with Crippen molar-refractivity contribution < 1.29 is 13.9 Å². The van der Waals surface area contributed by atoms with Gasteiger partial charge in [-0.2, -0.15) is 0 Å². The summed E-state index contributed by atoms with van der Waals surface area (Å²) >= 11 is 3.27. The van der Waals surface area contributed by atoms with Crippen LogP contribution in [-0.2, 0) is 11.2 Å². The van der Waals surface area contributed by atoms with Gasteiger partial charge in [0.1, 0.15) is 11.4 Å². The smallest absolute Gasteiger partial charge is 0.408 e. The van der Waals surface area contributed by atoms with Crippen LogP contribution in [0.25, 0.3) is 0 Å². The molecular weight excluding hydrogens is 313 g/mol. The van der Waals surface area contributed by atoms with Crippen LogP contribution in [0.5, 0.6) is 0 Å². The van der Waals surface area contributed by atoms with Crippen LogP contribution in [0.4, 0.5) is 9.18 Å². The average Bonchev–Trinajstić information content (AvgIpc) is 2.58. The lowest BCUT2D eigenvalue weighted by atomic mass is 10.1. The summed E-state index contributed by atoms with van der Waals surface area (Å²) in [4.78, 5) is 11.8. The van der Waals surface area contributed by atoms with Crippen molar-refractivity contribution in [2.45, 2.75) is 45.3 Å². The molecule has 1 aliphatic carbocycles. The Labute approximate surface area is 120 Å². The van der Waals surface area contributed by atoms with Gasteiger partial charge in [-0.25, -0.2) is 9.18 Å². The highest BCUT2D eigenvalue weighted by molar-refractivity contribution is 9.10. The highest BCUT2D eigenvalue weighted by Crippen LogP contribution is 2.35. The van der Waals surface area contributed by atoms with E-state index in [4.69, 9.17) is 4.74 Å². The number of rotatable bonds is 1. The van der Waals surface area contributed by atoms with E-state index in [-0.39, 0.29) is 11.9 Å². The molecule has 0 radical (unpaired) electrons. The number of fused-ring (bicyclic) bond motifs is 1. The number of alkyl carbamates (subject to hydrolysis) is 1. The summed E-state index contributed by atoms with van der Waals surface area (Å²) in [5.41, 5.74) is 0.982. The quantitative estimate of drug-likeness (QED) is 0.842. The molecule has 0 aromatic heterocycles. The predicted molar refractivity (Wildman–Crippen MR) is 74.5 cm³/mol. The first-order chi connectivity index (χ1) is 8.76. The van der Waals surface area contributed by atoms with E-state index in [0.29, 0.717) is 22.9 Å². The van der Waals surface area contributed by atoms with Gasteiger partial charge in [0.15, 0.2) is 0 Å². The van der Waals surface area contributed by atoms with Gasteiger partial charge in [0.05, 0.1) is 6.04 Å². The Hall–Kier alpha value is -1.10. The van der Waals surface area contributed by atoms with Crippen LogP contribution in [0, 0.1) is 5.82 Å². The molecule has 1 aromatic rings. The van der Waals surface area contributed by atoms with E-state index < -0.39 is 11.7 Å². The topological polar surface area (TPSA) is 38.3 Å². The first-order valence-corrected chi connectivity index (χ1v) is 7.03. The lowest BCUT2D eigenvalue weighted by molar-refractivity contribution is 0.0503. The summed E-state index contributed by atoms with van der Waals surface area (Å²) in [5.74, 6) is -0.224. The molecule has 104 valence electrons. The minimum Gasteiger partial charge on any atom is -0.444 e. The molecule has 19 heavy (non-hydrogen) atoms. The van der Waals surface area contributed by atoms with Gasteiger partial charge >= 0.3 is 6.09 Å². The predicted octanol–water partition coefficient (Wildman–Crippen LogP) is 4.10. The van der Waals surface area contributed by atoms with Crippen LogP contribution in [0.2, 0.25) is 0 Å². The van der Waals surface area contributed by atoms with Crippen molar-refractivity contribution in [2.24, 2.45) is 0 Å². The van der Waals surface area contributed by atoms with Crippen molar-refractivity contribution in [3.8, 4) is 0 Å². The monoisotopic (exact) mass is 329 g/mol. The summed E-state index contributed by atoms with van der Waals surface area (Å²) in [6.07, 6.45) is 0.863. The lowest BCUT2D eigenvalue weighted by Crippen LogP contribution is -2.34. The van der Waals surface area contributed by atoms with E-state index in [1.807, 2.05) is 26.8 Å². The van der Waals surface area contributed by atoms with Gasteiger partial charge in [-0.3, -0.25) is 0 Å². The normalized spacial score (nSPS) is 18.1. The Morgan fingerprint density at radius 3 is 2.79 bits per heavy atom. The minimum absolute atomic E-state index is 0.183. The molecule has 0 fully saturated rings. The Balaban J connectivity index is 2.13. The number of hydrogen-bond donors (Lipinski definition) is 1. The highest BCUT2D eigenvalue weighted by atomic mass is 79.9. The second-order valence-corrected chi connectivity index (χ2v) is 6.61. The molecule has 3 nitrogen and oxygen atoms in total. The zero-order valence-electron chi connectivity index (χ0n) is 11.2. The molecule has 1 amide bonds. The largest absolute Gasteiger partial charge is 0.444 e. The first kappa shape index (κ1) is 14.3. The van der Waals surface area contributed by atoms with Crippen molar-refractivity contribution in [3.63, 3.8) is 0 Å². The third-order valence-electron chi connectivity index (χ3n) is 2.94. The van der Waals surface area contributed by atoms with Gasteiger partial charge in [-0.05, 0) is 56.9 Å². The first-order valence-electron chi connectivity index (χ1n) is 6.23. The fraction of sp³-hybridized carbons (Fsp3) is 0.500. The SMILES string of the molecule is CC(C)(C)OC(=O)NC1CCc2c(F)cc(Br)cc21. The molecule has 0 saturated heterocycles. The molecule has 1 unspecified atom stereocenters. The Bertz CT molecular complexity index is 511. The van der Waals surface area contributed by atoms with Gasteiger partial charge < -0.3 is 10.1 Å². The van der Waals surface area contributed by atoms with Crippen LogP contribution in [0.15, 0.2) is 16.6 Å². The van der Waals surface area contributed by atoms with E-state index in [2.05, 4.69) is 21.2 Å². The maximum Gasteiger partial charge on any atom is 0.408 e. The summed E-state index contributed by atoms with van der Waals surface area (Å²) in [5, 5.41) is 2.80. The summed E-state index contributed by atoms with van der Waals surface area (Å²) in [6.45, 7) is 5.43. The zero-order valence-corrected chi connectivity index (χ0v) is 12.8. The highest BCUT2D eigenvalue weighted by Gasteiger charge is 2.28. The van der Waals surface area contributed by atoms with Gasteiger partial charge in [-0.15, -0.1) is 0 Å². The second kappa shape index (κ2) is 5.12. The molecule has 0 heterocycles.